The molecular formula is C24H25N4O3. The zero-order valence-corrected chi connectivity index (χ0v) is 17.6. The summed E-state index contributed by atoms with van der Waals surface area (Å²) in [6.45, 7) is 2.60. The predicted octanol–water partition coefficient (Wildman–Crippen LogP) is 3.59. The zero-order valence-electron chi connectivity index (χ0n) is 17.6. The number of likely N-dealkylation sites (N-methyl/N-ethyl adjacent to an activating group) is 1. The van der Waals surface area contributed by atoms with Gasteiger partial charge in [-0.15, -0.1) is 0 Å². The SMILES string of the molecule is Cc1c(CN(C)C(=O)/C=C/c2cnc3c(c2)CC(CC[NH])C(=O)N3)oc2ccccc12. The van der Waals surface area contributed by atoms with Gasteiger partial charge in [-0.05, 0) is 49.1 Å². The molecule has 31 heavy (non-hydrogen) atoms. The third kappa shape index (κ3) is 4.36. The highest BCUT2D eigenvalue weighted by molar-refractivity contribution is 5.95. The van der Waals surface area contributed by atoms with Gasteiger partial charge in [-0.3, -0.25) is 15.3 Å². The van der Waals surface area contributed by atoms with Gasteiger partial charge in [-0.25, -0.2) is 4.98 Å². The first kappa shape index (κ1) is 20.8. The number of furan rings is 1. The van der Waals surface area contributed by atoms with E-state index in [0.717, 1.165) is 33.4 Å². The molecule has 1 radical (unpaired) electrons. The van der Waals surface area contributed by atoms with E-state index >= 15 is 0 Å². The number of hydrogen-bond acceptors (Lipinski definition) is 4. The number of carbonyl (C=O) groups excluding carboxylic acids is 2. The maximum atomic E-state index is 12.6. The molecule has 1 aliphatic rings. The lowest BCUT2D eigenvalue weighted by molar-refractivity contribution is -0.125. The van der Waals surface area contributed by atoms with Crippen molar-refractivity contribution < 1.29 is 14.0 Å². The summed E-state index contributed by atoms with van der Waals surface area (Å²) in [6, 6.07) is 9.78. The molecule has 0 spiro atoms. The van der Waals surface area contributed by atoms with E-state index in [4.69, 9.17) is 10.2 Å². The van der Waals surface area contributed by atoms with Crippen molar-refractivity contribution in [1.82, 2.24) is 15.6 Å². The van der Waals surface area contributed by atoms with E-state index in [1.807, 2.05) is 37.3 Å². The normalized spacial score (nSPS) is 15.8. The monoisotopic (exact) mass is 417 g/mol. The minimum atomic E-state index is -0.203. The summed E-state index contributed by atoms with van der Waals surface area (Å²) in [6.07, 6.45) is 5.97. The van der Waals surface area contributed by atoms with Gasteiger partial charge in [0.15, 0.2) is 0 Å². The first-order valence-electron chi connectivity index (χ1n) is 10.3. The number of nitrogens with one attached hydrogen (secondary N) is 2. The van der Waals surface area contributed by atoms with Crippen LogP contribution in [0.5, 0.6) is 0 Å². The quantitative estimate of drug-likeness (QED) is 0.620. The van der Waals surface area contributed by atoms with Gasteiger partial charge in [0.25, 0.3) is 0 Å². The minimum absolute atomic E-state index is 0.0757. The lowest BCUT2D eigenvalue weighted by Gasteiger charge is -2.23. The fourth-order valence-corrected chi connectivity index (χ4v) is 3.84. The van der Waals surface area contributed by atoms with Gasteiger partial charge in [0.2, 0.25) is 11.8 Å². The van der Waals surface area contributed by atoms with Gasteiger partial charge < -0.3 is 14.6 Å². The lowest BCUT2D eigenvalue weighted by atomic mass is 9.92. The summed E-state index contributed by atoms with van der Waals surface area (Å²) in [5, 5.41) is 3.87. The van der Waals surface area contributed by atoms with Crippen molar-refractivity contribution in [2.75, 3.05) is 18.9 Å². The summed E-state index contributed by atoms with van der Waals surface area (Å²) in [7, 11) is 1.74. The molecule has 4 rings (SSSR count). The van der Waals surface area contributed by atoms with E-state index in [1.165, 1.54) is 6.08 Å². The van der Waals surface area contributed by atoms with Gasteiger partial charge >= 0.3 is 0 Å². The highest BCUT2D eigenvalue weighted by Crippen LogP contribution is 2.27. The van der Waals surface area contributed by atoms with Crippen LogP contribution >= 0.6 is 0 Å². The Bertz CT molecular complexity index is 1160. The number of nitrogens with zero attached hydrogens (tertiary/aromatic N) is 2. The Hall–Kier alpha value is -3.45. The summed E-state index contributed by atoms with van der Waals surface area (Å²) in [4.78, 5) is 30.6. The molecule has 1 unspecified atom stereocenters. The zero-order chi connectivity index (χ0) is 22.0. The lowest BCUT2D eigenvalue weighted by Crippen LogP contribution is -2.31. The third-order valence-corrected chi connectivity index (χ3v) is 5.68. The Kier molecular flexibility index (Phi) is 5.86. The number of rotatable bonds is 6. The Labute approximate surface area is 180 Å². The van der Waals surface area contributed by atoms with Crippen molar-refractivity contribution in [1.29, 1.82) is 0 Å². The molecule has 7 nitrogen and oxygen atoms in total. The number of amides is 2. The molecule has 0 bridgehead atoms. The van der Waals surface area contributed by atoms with Crippen LogP contribution in [0.4, 0.5) is 5.82 Å². The second-order valence-electron chi connectivity index (χ2n) is 7.88. The number of fused-ring (bicyclic) bond motifs is 2. The number of para-hydroxylation sites is 1. The number of aromatic nitrogens is 1. The van der Waals surface area contributed by atoms with Crippen LogP contribution in [0.15, 0.2) is 47.0 Å². The van der Waals surface area contributed by atoms with Crippen molar-refractivity contribution in [2.45, 2.75) is 26.3 Å². The number of anilines is 1. The van der Waals surface area contributed by atoms with Gasteiger partial charge in [0, 0.05) is 42.7 Å². The summed E-state index contributed by atoms with van der Waals surface area (Å²) >= 11 is 0. The summed E-state index contributed by atoms with van der Waals surface area (Å²) in [5.41, 5.74) is 11.0. The molecular weight excluding hydrogens is 392 g/mol. The molecule has 0 saturated carbocycles. The van der Waals surface area contributed by atoms with Crippen LogP contribution < -0.4 is 11.1 Å². The summed E-state index contributed by atoms with van der Waals surface area (Å²) < 4.78 is 5.91. The van der Waals surface area contributed by atoms with E-state index in [0.29, 0.717) is 25.2 Å². The molecule has 2 amide bonds. The minimum Gasteiger partial charge on any atom is -0.459 e. The van der Waals surface area contributed by atoms with E-state index in [1.54, 1.807) is 24.2 Å². The number of aryl methyl sites for hydroxylation is 1. The topological polar surface area (TPSA) is 99.2 Å². The molecule has 0 saturated heterocycles. The molecule has 3 aromatic rings. The van der Waals surface area contributed by atoms with E-state index in [9.17, 15) is 9.59 Å². The molecule has 7 heteroatoms. The van der Waals surface area contributed by atoms with Crippen LogP contribution in [-0.4, -0.2) is 35.3 Å². The Morgan fingerprint density at radius 1 is 1.39 bits per heavy atom. The number of pyridine rings is 1. The maximum absolute atomic E-state index is 12.6. The van der Waals surface area contributed by atoms with Crippen LogP contribution in [0, 0.1) is 12.8 Å². The molecule has 1 aromatic carbocycles. The average molecular weight is 417 g/mol. The van der Waals surface area contributed by atoms with Crippen molar-refractivity contribution >= 4 is 34.7 Å². The molecule has 1 aliphatic heterocycles. The molecule has 159 valence electrons. The van der Waals surface area contributed by atoms with E-state index in [2.05, 4.69) is 10.3 Å². The largest absolute Gasteiger partial charge is 0.459 e. The predicted molar refractivity (Wildman–Crippen MR) is 119 cm³/mol. The first-order chi connectivity index (χ1) is 15.0. The molecule has 1 atom stereocenters. The van der Waals surface area contributed by atoms with Crippen LogP contribution in [0.25, 0.3) is 17.0 Å². The molecule has 2 aromatic heterocycles. The maximum Gasteiger partial charge on any atom is 0.246 e. The second kappa shape index (κ2) is 8.73. The van der Waals surface area contributed by atoms with Gasteiger partial charge in [0.1, 0.15) is 17.2 Å². The third-order valence-electron chi connectivity index (χ3n) is 5.68. The number of hydrogen-bond donors (Lipinski definition) is 1. The van der Waals surface area contributed by atoms with Crippen molar-refractivity contribution in [3.05, 3.63) is 65.1 Å². The fraction of sp³-hybridized carbons (Fsp3) is 0.292. The Balaban J connectivity index is 1.44. The molecule has 0 aliphatic carbocycles. The fourth-order valence-electron chi connectivity index (χ4n) is 3.84. The number of benzene rings is 1. The molecule has 3 heterocycles. The molecule has 2 N–H and O–H groups in total. The van der Waals surface area contributed by atoms with Crippen LogP contribution in [0.1, 0.15) is 28.9 Å². The highest BCUT2D eigenvalue weighted by atomic mass is 16.3. The Morgan fingerprint density at radius 3 is 2.97 bits per heavy atom. The smallest absolute Gasteiger partial charge is 0.246 e. The van der Waals surface area contributed by atoms with Gasteiger partial charge in [-0.1, -0.05) is 18.2 Å². The summed E-state index contributed by atoms with van der Waals surface area (Å²) in [5.74, 6) is 0.918. The van der Waals surface area contributed by atoms with Crippen LogP contribution in [0.3, 0.4) is 0 Å². The molecule has 0 fully saturated rings. The van der Waals surface area contributed by atoms with Gasteiger partial charge in [0.05, 0.1) is 6.54 Å². The van der Waals surface area contributed by atoms with Crippen molar-refractivity contribution in [2.24, 2.45) is 5.92 Å². The van der Waals surface area contributed by atoms with Crippen LogP contribution in [0.2, 0.25) is 0 Å². The van der Waals surface area contributed by atoms with Crippen molar-refractivity contribution in [3.63, 3.8) is 0 Å². The van der Waals surface area contributed by atoms with Crippen molar-refractivity contribution in [3.8, 4) is 0 Å². The van der Waals surface area contributed by atoms with Crippen LogP contribution in [-0.2, 0) is 22.6 Å². The van der Waals surface area contributed by atoms with Gasteiger partial charge in [-0.2, -0.15) is 0 Å². The Morgan fingerprint density at radius 2 is 2.19 bits per heavy atom. The second-order valence-corrected chi connectivity index (χ2v) is 7.88. The van der Waals surface area contributed by atoms with E-state index in [-0.39, 0.29) is 24.3 Å². The highest BCUT2D eigenvalue weighted by Gasteiger charge is 2.26. The first-order valence-corrected chi connectivity index (χ1v) is 10.3. The average Bonchev–Trinajstić information content (AvgIpc) is 3.08. The standard InChI is InChI=1S/C24H25N4O3/c1-15-19-5-3-4-6-20(19)31-21(15)14-28(2)22(29)8-7-16-11-18-12-17(9-10-25)24(30)27-23(18)26-13-16/h3-8,11,13,17,25H,9-10,12,14H2,1-2H3,(H,26,27,30)/b8-7+. The number of carbonyl (C=O) groups is 2. The van der Waals surface area contributed by atoms with E-state index < -0.39 is 0 Å².